The van der Waals surface area contributed by atoms with E-state index in [4.69, 9.17) is 4.74 Å². The van der Waals surface area contributed by atoms with Gasteiger partial charge in [0.2, 0.25) is 0 Å². The summed E-state index contributed by atoms with van der Waals surface area (Å²) >= 11 is 3.16. The number of nitrogens with one attached hydrogen (secondary N) is 1. The highest BCUT2D eigenvalue weighted by atomic mass is 79.9. The van der Waals surface area contributed by atoms with E-state index in [0.29, 0.717) is 16.0 Å². The fraction of sp³-hybridized carbons (Fsp3) is 0.0833. The number of carbonyl (C=O) groups excluding carboxylic acids is 1. The van der Waals surface area contributed by atoms with Crippen molar-refractivity contribution in [2.24, 2.45) is 0 Å². The van der Waals surface area contributed by atoms with Crippen molar-refractivity contribution >= 4 is 27.5 Å². The van der Waals surface area contributed by atoms with E-state index < -0.39 is 0 Å². The van der Waals surface area contributed by atoms with Gasteiger partial charge in [-0.15, -0.1) is 0 Å². The number of ether oxygens (including phenoxy) is 1. The molecule has 1 heterocycles. The number of rotatable bonds is 3. The molecule has 0 radical (unpaired) electrons. The third-order valence-electron chi connectivity index (χ3n) is 2.18. The lowest BCUT2D eigenvalue weighted by Crippen LogP contribution is -2.13. The molecule has 18 heavy (non-hydrogen) atoms. The lowest BCUT2D eigenvalue weighted by molar-refractivity contribution is 0.102. The van der Waals surface area contributed by atoms with Crippen molar-refractivity contribution in [2.45, 2.75) is 0 Å². The van der Waals surface area contributed by atoms with Crippen LogP contribution in [0.3, 0.4) is 0 Å². The van der Waals surface area contributed by atoms with Crippen LogP contribution in [0.1, 0.15) is 10.5 Å². The van der Waals surface area contributed by atoms with E-state index >= 15 is 0 Å². The Bertz CT molecular complexity index is 558. The van der Waals surface area contributed by atoms with Gasteiger partial charge >= 0.3 is 0 Å². The molecule has 1 aromatic heterocycles. The molecule has 0 fully saturated rings. The summed E-state index contributed by atoms with van der Waals surface area (Å²) in [5.41, 5.74) is 0.894. The van der Waals surface area contributed by atoms with Crippen LogP contribution in [0.15, 0.2) is 41.3 Å². The zero-order valence-corrected chi connectivity index (χ0v) is 11.1. The first-order valence-electron chi connectivity index (χ1n) is 5.12. The molecule has 0 aliphatic carbocycles. The molecular formula is C12H10BrN3O2. The second kappa shape index (κ2) is 5.59. The molecule has 1 amide bonds. The smallest absolute Gasteiger partial charge is 0.275 e. The lowest BCUT2D eigenvalue weighted by Gasteiger charge is -2.06. The molecule has 6 heteroatoms. The predicted molar refractivity (Wildman–Crippen MR) is 70.7 cm³/mol. The third kappa shape index (κ3) is 3.04. The molecule has 0 atom stereocenters. The Hall–Kier alpha value is -1.95. The van der Waals surface area contributed by atoms with E-state index in [-0.39, 0.29) is 11.6 Å². The number of amides is 1. The van der Waals surface area contributed by atoms with Crippen molar-refractivity contribution in [3.63, 3.8) is 0 Å². The van der Waals surface area contributed by atoms with Crippen molar-refractivity contribution in [1.29, 1.82) is 0 Å². The highest BCUT2D eigenvalue weighted by Crippen LogP contribution is 2.17. The van der Waals surface area contributed by atoms with Gasteiger partial charge in [-0.05, 0) is 28.1 Å². The number of nitrogens with zero attached hydrogens (tertiary/aromatic N) is 2. The van der Waals surface area contributed by atoms with Crippen LogP contribution in [-0.4, -0.2) is 23.0 Å². The Balaban J connectivity index is 2.13. The maximum atomic E-state index is 11.9. The Labute approximate surface area is 112 Å². The number of hydrogen-bond acceptors (Lipinski definition) is 4. The summed E-state index contributed by atoms with van der Waals surface area (Å²) in [6, 6.07) is 7.09. The summed E-state index contributed by atoms with van der Waals surface area (Å²) in [4.78, 5) is 19.8. The van der Waals surface area contributed by atoms with Crippen molar-refractivity contribution in [3.8, 4) is 5.75 Å². The van der Waals surface area contributed by atoms with Gasteiger partial charge in [-0.1, -0.05) is 6.07 Å². The fourth-order valence-electron chi connectivity index (χ4n) is 1.33. The summed E-state index contributed by atoms with van der Waals surface area (Å²) in [5.74, 6) is 0.359. The average molecular weight is 308 g/mol. The van der Waals surface area contributed by atoms with Gasteiger partial charge in [0.15, 0.2) is 0 Å². The number of carbonyl (C=O) groups is 1. The van der Waals surface area contributed by atoms with Gasteiger partial charge in [-0.3, -0.25) is 4.79 Å². The van der Waals surface area contributed by atoms with Gasteiger partial charge in [0, 0.05) is 11.8 Å². The quantitative estimate of drug-likeness (QED) is 0.946. The molecule has 0 bridgehead atoms. The molecule has 2 aromatic rings. The van der Waals surface area contributed by atoms with Crippen LogP contribution in [0.25, 0.3) is 0 Å². The van der Waals surface area contributed by atoms with Crippen molar-refractivity contribution in [2.75, 3.05) is 12.4 Å². The first kappa shape index (κ1) is 12.5. The maximum absolute atomic E-state index is 11.9. The number of anilines is 1. The summed E-state index contributed by atoms with van der Waals surface area (Å²) in [6.07, 6.45) is 2.88. The van der Waals surface area contributed by atoms with Crippen molar-refractivity contribution in [3.05, 3.63) is 47.0 Å². The molecular weight excluding hydrogens is 298 g/mol. The van der Waals surface area contributed by atoms with Gasteiger partial charge < -0.3 is 10.1 Å². The monoisotopic (exact) mass is 307 g/mol. The number of aromatic nitrogens is 2. The van der Waals surface area contributed by atoms with Gasteiger partial charge in [0.05, 0.1) is 19.5 Å². The summed E-state index contributed by atoms with van der Waals surface area (Å²) in [7, 11) is 1.57. The molecule has 1 N–H and O–H groups in total. The minimum absolute atomic E-state index is 0.251. The van der Waals surface area contributed by atoms with Crippen LogP contribution in [0, 0.1) is 0 Å². The number of methoxy groups -OCH3 is 1. The second-order valence-electron chi connectivity index (χ2n) is 3.41. The van der Waals surface area contributed by atoms with Crippen molar-refractivity contribution < 1.29 is 9.53 Å². The Morgan fingerprint density at radius 1 is 1.33 bits per heavy atom. The summed E-state index contributed by atoms with van der Waals surface area (Å²) in [6.45, 7) is 0. The molecule has 0 aliphatic rings. The summed E-state index contributed by atoms with van der Waals surface area (Å²) in [5, 5.41) is 2.72. The Morgan fingerprint density at radius 2 is 2.17 bits per heavy atom. The highest BCUT2D eigenvalue weighted by molar-refractivity contribution is 9.10. The number of hydrogen-bond donors (Lipinski definition) is 1. The molecule has 0 spiro atoms. The van der Waals surface area contributed by atoms with E-state index in [1.807, 2.05) is 0 Å². The molecule has 5 nitrogen and oxygen atoms in total. The average Bonchev–Trinajstić information content (AvgIpc) is 2.39. The SMILES string of the molecule is COc1cccc(NC(=O)c2cnc(Br)cn2)c1. The standard InChI is InChI=1S/C12H10BrN3O2/c1-18-9-4-2-3-8(5-9)16-12(17)10-6-15-11(13)7-14-10/h2-7H,1H3,(H,16,17). The molecule has 92 valence electrons. The van der Waals surface area contributed by atoms with Gasteiger partial charge in [0.1, 0.15) is 16.0 Å². The molecule has 0 aliphatic heterocycles. The molecule has 0 saturated carbocycles. The van der Waals surface area contributed by atoms with Crippen LogP contribution >= 0.6 is 15.9 Å². The minimum atomic E-state index is -0.316. The predicted octanol–water partition coefficient (Wildman–Crippen LogP) is 2.50. The molecule has 2 rings (SSSR count). The molecule has 1 aromatic carbocycles. The zero-order valence-electron chi connectivity index (χ0n) is 9.55. The van der Waals surface area contributed by atoms with Crippen LogP contribution in [-0.2, 0) is 0 Å². The van der Waals surface area contributed by atoms with Crippen LogP contribution in [0.4, 0.5) is 5.69 Å². The van der Waals surface area contributed by atoms with E-state index in [1.54, 1.807) is 31.4 Å². The number of benzene rings is 1. The Morgan fingerprint density at radius 3 is 2.83 bits per heavy atom. The Kier molecular flexibility index (Phi) is 3.88. The van der Waals surface area contributed by atoms with E-state index in [2.05, 4.69) is 31.2 Å². The highest BCUT2D eigenvalue weighted by Gasteiger charge is 2.08. The number of halogens is 1. The van der Waals surface area contributed by atoms with E-state index in [0.717, 1.165) is 0 Å². The van der Waals surface area contributed by atoms with E-state index in [9.17, 15) is 4.79 Å². The van der Waals surface area contributed by atoms with Gasteiger partial charge in [-0.2, -0.15) is 0 Å². The van der Waals surface area contributed by atoms with Gasteiger partial charge in [0.25, 0.3) is 5.91 Å². The second-order valence-corrected chi connectivity index (χ2v) is 4.22. The topological polar surface area (TPSA) is 64.1 Å². The van der Waals surface area contributed by atoms with Crippen LogP contribution < -0.4 is 10.1 Å². The van der Waals surface area contributed by atoms with Crippen molar-refractivity contribution in [1.82, 2.24) is 9.97 Å². The normalized spacial score (nSPS) is 9.89. The maximum Gasteiger partial charge on any atom is 0.275 e. The zero-order chi connectivity index (χ0) is 13.0. The fourth-order valence-corrected chi connectivity index (χ4v) is 1.53. The third-order valence-corrected chi connectivity index (χ3v) is 2.59. The largest absolute Gasteiger partial charge is 0.497 e. The van der Waals surface area contributed by atoms with Gasteiger partial charge in [-0.25, -0.2) is 9.97 Å². The summed E-state index contributed by atoms with van der Waals surface area (Å²) < 4.78 is 5.66. The van der Waals surface area contributed by atoms with E-state index in [1.165, 1.54) is 12.4 Å². The first-order chi connectivity index (χ1) is 8.69. The first-order valence-corrected chi connectivity index (χ1v) is 5.91. The molecule has 0 saturated heterocycles. The minimum Gasteiger partial charge on any atom is -0.497 e. The molecule has 0 unspecified atom stereocenters. The van der Waals surface area contributed by atoms with Crippen LogP contribution in [0.5, 0.6) is 5.75 Å². The van der Waals surface area contributed by atoms with Crippen LogP contribution in [0.2, 0.25) is 0 Å². The lowest BCUT2D eigenvalue weighted by atomic mass is 10.3.